The van der Waals surface area contributed by atoms with E-state index in [4.69, 9.17) is 9.97 Å². The van der Waals surface area contributed by atoms with E-state index in [1.54, 1.807) is 0 Å². The van der Waals surface area contributed by atoms with Gasteiger partial charge in [-0.25, -0.2) is 9.97 Å². The van der Waals surface area contributed by atoms with Crippen LogP contribution in [-0.4, -0.2) is 9.97 Å². The van der Waals surface area contributed by atoms with Crippen LogP contribution in [0.2, 0.25) is 0 Å². The Kier molecular flexibility index (Phi) is 5.42. The van der Waals surface area contributed by atoms with Crippen LogP contribution in [0, 0.1) is 0 Å². The van der Waals surface area contributed by atoms with Crippen molar-refractivity contribution in [2.45, 2.75) is 0 Å². The molecule has 0 bridgehead atoms. The number of hydrogen-bond acceptors (Lipinski definition) is 2. The summed E-state index contributed by atoms with van der Waals surface area (Å²) < 4.78 is 1.05. The van der Waals surface area contributed by atoms with Crippen LogP contribution >= 0.6 is 15.9 Å². The van der Waals surface area contributed by atoms with Gasteiger partial charge in [0.05, 0.1) is 11.4 Å². The Morgan fingerprint density at radius 1 is 0.419 bits per heavy atom. The highest BCUT2D eigenvalue weighted by Gasteiger charge is 2.11. The second kappa shape index (κ2) is 8.66. The van der Waals surface area contributed by atoms with Crippen molar-refractivity contribution in [2.75, 3.05) is 0 Å². The second-order valence-corrected chi connectivity index (χ2v) is 8.20. The van der Waals surface area contributed by atoms with E-state index >= 15 is 0 Å². The third-order valence-corrected chi connectivity index (χ3v) is 5.69. The van der Waals surface area contributed by atoms with Gasteiger partial charge in [0.15, 0.2) is 5.82 Å². The van der Waals surface area contributed by atoms with Crippen molar-refractivity contribution in [3.05, 3.63) is 120 Å². The SMILES string of the molecule is Brc1ccc(-c2cc(-c3cccc(-c4ccccc4)c3)nc(-c3ccccc3)n2)cc1. The Labute approximate surface area is 190 Å². The van der Waals surface area contributed by atoms with E-state index in [2.05, 4.69) is 82.7 Å². The monoisotopic (exact) mass is 462 g/mol. The summed E-state index contributed by atoms with van der Waals surface area (Å²) in [5, 5.41) is 0. The zero-order valence-corrected chi connectivity index (χ0v) is 18.3. The minimum absolute atomic E-state index is 0.723. The number of aromatic nitrogens is 2. The zero-order valence-electron chi connectivity index (χ0n) is 16.7. The first kappa shape index (κ1) is 19.4. The van der Waals surface area contributed by atoms with Gasteiger partial charge in [-0.3, -0.25) is 0 Å². The zero-order chi connectivity index (χ0) is 21.0. The lowest BCUT2D eigenvalue weighted by Gasteiger charge is -2.10. The van der Waals surface area contributed by atoms with Gasteiger partial charge in [0.2, 0.25) is 0 Å². The van der Waals surface area contributed by atoms with E-state index in [1.165, 1.54) is 11.1 Å². The van der Waals surface area contributed by atoms with Crippen LogP contribution in [0.15, 0.2) is 120 Å². The van der Waals surface area contributed by atoms with Gasteiger partial charge in [-0.2, -0.15) is 0 Å². The average Bonchev–Trinajstić information content (AvgIpc) is 2.85. The van der Waals surface area contributed by atoms with Crippen LogP contribution in [-0.2, 0) is 0 Å². The summed E-state index contributed by atoms with van der Waals surface area (Å²) in [7, 11) is 0. The summed E-state index contributed by atoms with van der Waals surface area (Å²) in [4.78, 5) is 9.81. The number of nitrogens with zero attached hydrogens (tertiary/aromatic N) is 2. The van der Waals surface area contributed by atoms with Crippen molar-refractivity contribution in [2.24, 2.45) is 0 Å². The molecule has 0 amide bonds. The van der Waals surface area contributed by atoms with Crippen LogP contribution < -0.4 is 0 Å². The molecular weight excluding hydrogens is 444 g/mol. The van der Waals surface area contributed by atoms with Crippen LogP contribution in [0.4, 0.5) is 0 Å². The molecular formula is C28H19BrN2. The highest BCUT2D eigenvalue weighted by Crippen LogP contribution is 2.30. The van der Waals surface area contributed by atoms with E-state index < -0.39 is 0 Å². The van der Waals surface area contributed by atoms with Crippen molar-refractivity contribution >= 4 is 15.9 Å². The molecule has 148 valence electrons. The fourth-order valence-corrected chi connectivity index (χ4v) is 3.83. The quantitative estimate of drug-likeness (QED) is 0.271. The summed E-state index contributed by atoms with van der Waals surface area (Å²) in [6.45, 7) is 0. The van der Waals surface area contributed by atoms with Crippen LogP contribution in [0.25, 0.3) is 45.0 Å². The lowest BCUT2D eigenvalue weighted by atomic mass is 10.0. The Hall–Kier alpha value is -3.56. The van der Waals surface area contributed by atoms with E-state index in [0.29, 0.717) is 0 Å². The molecule has 0 aliphatic carbocycles. The molecule has 5 rings (SSSR count). The Balaban J connectivity index is 1.66. The second-order valence-electron chi connectivity index (χ2n) is 7.28. The van der Waals surface area contributed by atoms with Crippen LogP contribution in [0.1, 0.15) is 0 Å². The molecule has 3 heteroatoms. The highest BCUT2D eigenvalue weighted by molar-refractivity contribution is 9.10. The van der Waals surface area contributed by atoms with Crippen molar-refractivity contribution in [3.63, 3.8) is 0 Å². The molecule has 1 heterocycles. The largest absolute Gasteiger partial charge is 0.228 e. The molecule has 0 radical (unpaired) electrons. The highest BCUT2D eigenvalue weighted by atomic mass is 79.9. The predicted molar refractivity (Wildman–Crippen MR) is 131 cm³/mol. The molecule has 0 N–H and O–H groups in total. The van der Waals surface area contributed by atoms with Crippen molar-refractivity contribution in [1.29, 1.82) is 0 Å². The van der Waals surface area contributed by atoms with E-state index in [1.807, 2.05) is 48.5 Å². The Morgan fingerprint density at radius 2 is 0.968 bits per heavy atom. The molecule has 0 saturated heterocycles. The molecule has 0 spiro atoms. The number of hydrogen-bond donors (Lipinski definition) is 0. The molecule has 0 unspecified atom stereocenters. The van der Waals surface area contributed by atoms with Gasteiger partial charge in [-0.15, -0.1) is 0 Å². The van der Waals surface area contributed by atoms with E-state index in [-0.39, 0.29) is 0 Å². The lowest BCUT2D eigenvalue weighted by Crippen LogP contribution is -1.96. The molecule has 0 saturated carbocycles. The summed E-state index contributed by atoms with van der Waals surface area (Å²) in [6.07, 6.45) is 0. The van der Waals surface area contributed by atoms with Gasteiger partial charge >= 0.3 is 0 Å². The molecule has 31 heavy (non-hydrogen) atoms. The lowest BCUT2D eigenvalue weighted by molar-refractivity contribution is 1.18. The van der Waals surface area contributed by atoms with Gasteiger partial charge in [-0.05, 0) is 35.4 Å². The van der Waals surface area contributed by atoms with Gasteiger partial charge in [-0.1, -0.05) is 107 Å². The summed E-state index contributed by atoms with van der Waals surface area (Å²) in [5.74, 6) is 0.723. The standard InChI is InChI=1S/C28H19BrN2/c29-25-16-14-21(15-17-25)26-19-27(31-28(30-26)22-10-5-2-6-11-22)24-13-7-12-23(18-24)20-8-3-1-4-9-20/h1-19H. The van der Waals surface area contributed by atoms with Gasteiger partial charge in [0.1, 0.15) is 0 Å². The Bertz CT molecular complexity index is 1310. The van der Waals surface area contributed by atoms with E-state index in [0.717, 1.165) is 38.4 Å². The molecule has 1 aromatic heterocycles. The van der Waals surface area contributed by atoms with Gasteiger partial charge < -0.3 is 0 Å². The maximum absolute atomic E-state index is 4.93. The predicted octanol–water partition coefficient (Wildman–Crippen LogP) is 7.91. The third kappa shape index (κ3) is 4.32. The topological polar surface area (TPSA) is 25.8 Å². The van der Waals surface area contributed by atoms with Crippen molar-refractivity contribution in [3.8, 4) is 45.0 Å². The minimum Gasteiger partial charge on any atom is -0.228 e. The first-order valence-corrected chi connectivity index (χ1v) is 10.9. The minimum atomic E-state index is 0.723. The van der Waals surface area contributed by atoms with E-state index in [9.17, 15) is 0 Å². The van der Waals surface area contributed by atoms with Crippen LogP contribution in [0.5, 0.6) is 0 Å². The van der Waals surface area contributed by atoms with Gasteiger partial charge in [0.25, 0.3) is 0 Å². The van der Waals surface area contributed by atoms with Gasteiger partial charge in [0, 0.05) is 21.2 Å². The first-order valence-electron chi connectivity index (χ1n) is 10.1. The summed E-state index contributed by atoms with van der Waals surface area (Å²) in [6, 6.07) is 39.3. The molecule has 0 aliphatic rings. The third-order valence-electron chi connectivity index (χ3n) is 5.16. The maximum atomic E-state index is 4.93. The molecule has 0 fully saturated rings. The molecule has 2 nitrogen and oxygen atoms in total. The fraction of sp³-hybridized carbons (Fsp3) is 0. The number of rotatable bonds is 4. The molecule has 4 aromatic carbocycles. The molecule has 0 atom stereocenters. The summed E-state index contributed by atoms with van der Waals surface area (Å²) in [5.41, 5.74) is 7.30. The summed E-state index contributed by atoms with van der Waals surface area (Å²) >= 11 is 3.52. The first-order chi connectivity index (χ1) is 15.3. The van der Waals surface area contributed by atoms with Crippen LogP contribution in [0.3, 0.4) is 0 Å². The van der Waals surface area contributed by atoms with Crippen molar-refractivity contribution in [1.82, 2.24) is 9.97 Å². The van der Waals surface area contributed by atoms with Crippen molar-refractivity contribution < 1.29 is 0 Å². The molecule has 5 aromatic rings. The maximum Gasteiger partial charge on any atom is 0.160 e. The molecule has 0 aliphatic heterocycles. The number of benzene rings is 4. The fourth-order valence-electron chi connectivity index (χ4n) is 3.57. The smallest absolute Gasteiger partial charge is 0.160 e. The average molecular weight is 463 g/mol. The Morgan fingerprint density at radius 3 is 1.65 bits per heavy atom. The normalized spacial score (nSPS) is 10.7. The number of halogens is 1.